The highest BCUT2D eigenvalue weighted by Gasteiger charge is 2.46. The lowest BCUT2D eigenvalue weighted by Gasteiger charge is -2.37. The number of benzene rings is 2. The summed E-state index contributed by atoms with van der Waals surface area (Å²) >= 11 is 6.97. The molecule has 0 spiro atoms. The Bertz CT molecular complexity index is 957. The van der Waals surface area contributed by atoms with Gasteiger partial charge >= 0.3 is 5.97 Å². The first-order valence-electron chi connectivity index (χ1n) is 8.23. The lowest BCUT2D eigenvalue weighted by atomic mass is 10.1. The lowest BCUT2D eigenvalue weighted by molar-refractivity contribution is -0.384. The Kier molecular flexibility index (Phi) is 4.67. The molecule has 2 aliphatic rings. The number of rotatable bonds is 5. The molecule has 6 nitrogen and oxygen atoms in total. The summed E-state index contributed by atoms with van der Waals surface area (Å²) < 4.78 is 5.48. The molecule has 1 saturated heterocycles. The van der Waals surface area contributed by atoms with E-state index in [4.69, 9.17) is 17.0 Å². The van der Waals surface area contributed by atoms with E-state index in [1.54, 1.807) is 23.9 Å². The Balaban J connectivity index is 1.55. The van der Waals surface area contributed by atoms with Crippen molar-refractivity contribution in [3.63, 3.8) is 0 Å². The van der Waals surface area contributed by atoms with E-state index < -0.39 is 10.9 Å². The van der Waals surface area contributed by atoms with Crippen LogP contribution in [0.3, 0.4) is 0 Å². The number of ether oxygens (including phenoxy) is 1. The first kappa shape index (κ1) is 17.7. The molecular formula is C19H14N2O4S2. The number of nitrogens with zero attached hydrogens (tertiary/aromatic N) is 2. The van der Waals surface area contributed by atoms with Gasteiger partial charge in [-0.15, -0.1) is 0 Å². The molecule has 0 radical (unpaired) electrons. The van der Waals surface area contributed by atoms with Crippen molar-refractivity contribution in [2.45, 2.75) is 18.4 Å². The predicted molar refractivity (Wildman–Crippen MR) is 107 cm³/mol. The lowest BCUT2D eigenvalue weighted by Crippen LogP contribution is -2.47. The second-order valence-corrected chi connectivity index (χ2v) is 7.74. The standard InChI is InChI=1S/C19H14N2O4S2/c22-19(25-11-12-6-8-14(9-7-12)21(23)24)17-18(13-4-2-1-3-5-13)27-16-10-15(26)20(16)17/h1-9,16H,10-11H2/t16-/m0/s1. The highest BCUT2D eigenvalue weighted by atomic mass is 32.2. The summed E-state index contributed by atoms with van der Waals surface area (Å²) in [7, 11) is 0. The number of hydrogen-bond donors (Lipinski definition) is 0. The van der Waals surface area contributed by atoms with Crippen molar-refractivity contribution < 1.29 is 14.5 Å². The Hall–Kier alpha value is -2.71. The third kappa shape index (κ3) is 3.33. The van der Waals surface area contributed by atoms with Gasteiger partial charge in [-0.3, -0.25) is 10.1 Å². The molecule has 0 saturated carbocycles. The van der Waals surface area contributed by atoms with Crippen LogP contribution in [-0.2, 0) is 16.1 Å². The SMILES string of the molecule is O=C(OCc1ccc([N+](=O)[O-])cc1)C1=C(c2ccccc2)S[C@H]2CC(=S)N12. The minimum absolute atomic E-state index is 0.000103. The molecule has 1 atom stereocenters. The molecule has 0 aliphatic carbocycles. The first-order chi connectivity index (χ1) is 13.0. The highest BCUT2D eigenvalue weighted by molar-refractivity contribution is 8.09. The van der Waals surface area contributed by atoms with E-state index in [1.807, 2.05) is 35.2 Å². The van der Waals surface area contributed by atoms with Crippen molar-refractivity contribution in [3.8, 4) is 0 Å². The molecule has 2 heterocycles. The van der Waals surface area contributed by atoms with Gasteiger partial charge in [0.25, 0.3) is 5.69 Å². The first-order valence-corrected chi connectivity index (χ1v) is 9.52. The van der Waals surface area contributed by atoms with Gasteiger partial charge in [-0.2, -0.15) is 0 Å². The molecule has 0 N–H and O–H groups in total. The molecule has 1 fully saturated rings. The number of carbonyl (C=O) groups excluding carboxylic acids is 1. The van der Waals surface area contributed by atoms with Crippen LogP contribution in [0.25, 0.3) is 4.91 Å². The van der Waals surface area contributed by atoms with Crippen LogP contribution < -0.4 is 0 Å². The molecule has 0 bridgehead atoms. The van der Waals surface area contributed by atoms with Crippen molar-refractivity contribution >= 4 is 45.5 Å². The molecule has 2 aliphatic heterocycles. The monoisotopic (exact) mass is 398 g/mol. The van der Waals surface area contributed by atoms with Gasteiger partial charge in [0.15, 0.2) is 0 Å². The van der Waals surface area contributed by atoms with E-state index in [0.717, 1.165) is 21.9 Å². The number of thiocarbonyl (C=S) groups is 1. The van der Waals surface area contributed by atoms with Gasteiger partial charge in [0.1, 0.15) is 12.3 Å². The van der Waals surface area contributed by atoms with Crippen molar-refractivity contribution in [1.29, 1.82) is 0 Å². The number of nitro groups is 1. The molecule has 2 aromatic rings. The van der Waals surface area contributed by atoms with E-state index in [0.29, 0.717) is 11.3 Å². The van der Waals surface area contributed by atoms with Gasteiger partial charge in [0.05, 0.1) is 15.3 Å². The quantitative estimate of drug-likeness (QED) is 0.325. The largest absolute Gasteiger partial charge is 0.456 e. The zero-order valence-electron chi connectivity index (χ0n) is 14.0. The van der Waals surface area contributed by atoms with E-state index in [9.17, 15) is 14.9 Å². The van der Waals surface area contributed by atoms with E-state index in [-0.39, 0.29) is 17.7 Å². The van der Waals surface area contributed by atoms with Crippen molar-refractivity contribution in [2.75, 3.05) is 0 Å². The van der Waals surface area contributed by atoms with Crippen LogP contribution >= 0.6 is 24.0 Å². The van der Waals surface area contributed by atoms with Crippen LogP contribution in [0.2, 0.25) is 0 Å². The molecule has 4 rings (SSSR count). The normalized spacial score (nSPS) is 18.1. The van der Waals surface area contributed by atoms with Gasteiger partial charge in [0, 0.05) is 23.5 Å². The number of non-ortho nitro benzene ring substituents is 1. The van der Waals surface area contributed by atoms with E-state index in [2.05, 4.69) is 0 Å². The van der Waals surface area contributed by atoms with Crippen LogP contribution in [0, 0.1) is 10.1 Å². The number of nitro benzene ring substituents is 1. The highest BCUT2D eigenvalue weighted by Crippen LogP contribution is 2.51. The molecule has 2 aromatic carbocycles. The number of esters is 1. The second kappa shape index (κ2) is 7.13. The molecule has 8 heteroatoms. The molecule has 0 amide bonds. The summed E-state index contributed by atoms with van der Waals surface area (Å²) in [5.74, 6) is -0.441. The molecule has 0 aromatic heterocycles. The number of carbonyl (C=O) groups is 1. The zero-order valence-corrected chi connectivity index (χ0v) is 15.7. The summed E-state index contributed by atoms with van der Waals surface area (Å²) in [5, 5.41) is 10.9. The maximum atomic E-state index is 12.8. The summed E-state index contributed by atoms with van der Waals surface area (Å²) in [5.41, 5.74) is 2.13. The van der Waals surface area contributed by atoms with Crippen molar-refractivity contribution in [1.82, 2.24) is 4.90 Å². The molecule has 136 valence electrons. The Morgan fingerprint density at radius 3 is 2.56 bits per heavy atom. The smallest absolute Gasteiger partial charge is 0.356 e. The Morgan fingerprint density at radius 2 is 1.93 bits per heavy atom. The molecular weight excluding hydrogens is 384 g/mol. The maximum absolute atomic E-state index is 12.8. The van der Waals surface area contributed by atoms with Crippen LogP contribution in [0.5, 0.6) is 0 Å². The van der Waals surface area contributed by atoms with Crippen molar-refractivity contribution in [3.05, 3.63) is 81.5 Å². The zero-order chi connectivity index (χ0) is 19.0. The van der Waals surface area contributed by atoms with Crippen LogP contribution in [0.1, 0.15) is 17.5 Å². The van der Waals surface area contributed by atoms with E-state index in [1.165, 1.54) is 12.1 Å². The Labute approximate surface area is 165 Å². The summed E-state index contributed by atoms with van der Waals surface area (Å²) in [6.07, 6.45) is 0.773. The second-order valence-electron chi connectivity index (χ2n) is 6.08. The summed E-state index contributed by atoms with van der Waals surface area (Å²) in [6.45, 7) is 0.0400. The average molecular weight is 398 g/mol. The van der Waals surface area contributed by atoms with Gasteiger partial charge in [0.2, 0.25) is 0 Å². The van der Waals surface area contributed by atoms with Gasteiger partial charge in [-0.05, 0) is 23.3 Å². The maximum Gasteiger partial charge on any atom is 0.356 e. The Morgan fingerprint density at radius 1 is 1.22 bits per heavy atom. The third-order valence-corrected chi connectivity index (χ3v) is 6.04. The van der Waals surface area contributed by atoms with Crippen LogP contribution in [0.15, 0.2) is 60.3 Å². The fraction of sp³-hybridized carbons (Fsp3) is 0.158. The van der Waals surface area contributed by atoms with Crippen molar-refractivity contribution in [2.24, 2.45) is 0 Å². The summed E-state index contributed by atoms with van der Waals surface area (Å²) in [4.78, 5) is 26.5. The fourth-order valence-corrected chi connectivity index (χ4v) is 4.93. The minimum atomic E-state index is -0.465. The van der Waals surface area contributed by atoms with Gasteiger partial charge in [-0.25, -0.2) is 4.79 Å². The number of thioether (sulfide) groups is 1. The number of fused-ring (bicyclic) bond motifs is 1. The molecule has 0 unspecified atom stereocenters. The van der Waals surface area contributed by atoms with E-state index >= 15 is 0 Å². The van der Waals surface area contributed by atoms with Gasteiger partial charge < -0.3 is 9.64 Å². The van der Waals surface area contributed by atoms with Gasteiger partial charge in [-0.1, -0.05) is 54.3 Å². The van der Waals surface area contributed by atoms with Crippen LogP contribution in [-0.4, -0.2) is 26.2 Å². The number of hydrogen-bond acceptors (Lipinski definition) is 6. The van der Waals surface area contributed by atoms with Crippen LogP contribution in [0.4, 0.5) is 5.69 Å². The predicted octanol–water partition coefficient (Wildman–Crippen LogP) is 4.11. The summed E-state index contributed by atoms with van der Waals surface area (Å²) in [6, 6.07) is 15.6. The minimum Gasteiger partial charge on any atom is -0.456 e. The average Bonchev–Trinajstić information content (AvgIpc) is 3.00. The molecule has 27 heavy (non-hydrogen) atoms. The topological polar surface area (TPSA) is 72.7 Å². The fourth-order valence-electron chi connectivity index (χ4n) is 2.97. The third-order valence-electron chi connectivity index (χ3n) is 4.36.